The predicted molar refractivity (Wildman–Crippen MR) is 78.8 cm³/mol. The average Bonchev–Trinajstić information content (AvgIpc) is 2.38. The molecule has 0 heterocycles. The van der Waals surface area contributed by atoms with Crippen LogP contribution in [-0.4, -0.2) is 16.8 Å². The van der Waals surface area contributed by atoms with Gasteiger partial charge in [0.05, 0.1) is 0 Å². The Labute approximate surface area is 117 Å². The van der Waals surface area contributed by atoms with E-state index < -0.39 is 5.97 Å². The molecule has 104 valence electrons. The molecule has 1 aromatic rings. The second kappa shape index (κ2) is 8.75. The van der Waals surface area contributed by atoms with Gasteiger partial charge in [0.2, 0.25) is 0 Å². The van der Waals surface area contributed by atoms with E-state index in [1.54, 1.807) is 23.9 Å². The number of benzene rings is 1. The number of hydrogen-bond donors (Lipinski definition) is 1. The Kier molecular flexibility index (Phi) is 7.26. The molecule has 0 atom stereocenters. The van der Waals surface area contributed by atoms with Crippen LogP contribution in [0.5, 0.6) is 0 Å². The molecule has 0 saturated carbocycles. The maximum absolute atomic E-state index is 13.8. The molecule has 1 aromatic carbocycles. The van der Waals surface area contributed by atoms with Gasteiger partial charge in [-0.05, 0) is 35.4 Å². The van der Waals surface area contributed by atoms with Gasteiger partial charge in [0.15, 0.2) is 0 Å². The molecule has 19 heavy (non-hydrogen) atoms. The molecule has 1 N–H and O–H groups in total. The van der Waals surface area contributed by atoms with E-state index in [-0.39, 0.29) is 5.82 Å². The number of unbranched alkanes of at least 4 members (excludes halogenated alkanes) is 2. The van der Waals surface area contributed by atoms with Crippen LogP contribution in [0.1, 0.15) is 37.3 Å². The molecule has 2 nitrogen and oxygen atoms in total. The van der Waals surface area contributed by atoms with E-state index in [9.17, 15) is 9.18 Å². The van der Waals surface area contributed by atoms with Crippen molar-refractivity contribution >= 4 is 23.8 Å². The van der Waals surface area contributed by atoms with E-state index in [1.807, 2.05) is 0 Å². The summed E-state index contributed by atoms with van der Waals surface area (Å²) in [6.45, 7) is 2.16. The molecule has 0 bridgehead atoms. The van der Waals surface area contributed by atoms with Crippen LogP contribution in [0.25, 0.3) is 6.08 Å². The zero-order valence-corrected chi connectivity index (χ0v) is 11.9. The van der Waals surface area contributed by atoms with Crippen molar-refractivity contribution in [2.75, 3.05) is 5.75 Å². The van der Waals surface area contributed by atoms with Crippen LogP contribution in [0.3, 0.4) is 0 Å². The Morgan fingerprint density at radius 1 is 1.42 bits per heavy atom. The molecule has 0 saturated heterocycles. The number of thioether (sulfide) groups is 1. The molecule has 0 aliphatic heterocycles. The van der Waals surface area contributed by atoms with Crippen LogP contribution in [0.4, 0.5) is 4.39 Å². The lowest BCUT2D eigenvalue weighted by Gasteiger charge is -2.04. The standard InChI is InChI=1S/C15H19FO2S/c1-2-3-4-9-19-11-13-7-5-12(10-14(13)16)6-8-15(17)18/h5-8,10H,2-4,9,11H2,1H3,(H,17,18)/b8-6+. The van der Waals surface area contributed by atoms with Gasteiger partial charge in [-0.2, -0.15) is 11.8 Å². The molecule has 0 aliphatic rings. The van der Waals surface area contributed by atoms with E-state index in [1.165, 1.54) is 31.4 Å². The van der Waals surface area contributed by atoms with Crippen LogP contribution < -0.4 is 0 Å². The first-order chi connectivity index (χ1) is 9.13. The summed E-state index contributed by atoms with van der Waals surface area (Å²) in [4.78, 5) is 10.4. The first-order valence-electron chi connectivity index (χ1n) is 6.40. The van der Waals surface area contributed by atoms with Gasteiger partial charge in [0, 0.05) is 11.8 Å². The van der Waals surface area contributed by atoms with Crippen molar-refractivity contribution in [2.45, 2.75) is 31.9 Å². The summed E-state index contributed by atoms with van der Waals surface area (Å²) < 4.78 is 13.8. The molecule has 0 unspecified atom stereocenters. The predicted octanol–water partition coefficient (Wildman–Crippen LogP) is 4.35. The lowest BCUT2D eigenvalue weighted by atomic mass is 10.1. The first-order valence-corrected chi connectivity index (χ1v) is 7.56. The smallest absolute Gasteiger partial charge is 0.328 e. The zero-order chi connectivity index (χ0) is 14.1. The topological polar surface area (TPSA) is 37.3 Å². The van der Waals surface area contributed by atoms with Crippen molar-refractivity contribution < 1.29 is 14.3 Å². The summed E-state index contributed by atoms with van der Waals surface area (Å²) in [5, 5.41) is 8.50. The molecule has 0 radical (unpaired) electrons. The van der Waals surface area contributed by atoms with Gasteiger partial charge in [-0.1, -0.05) is 31.9 Å². The third-order valence-electron chi connectivity index (χ3n) is 2.65. The SMILES string of the molecule is CCCCCSCc1ccc(/C=C/C(=O)O)cc1F. The fourth-order valence-corrected chi connectivity index (χ4v) is 2.59. The van der Waals surface area contributed by atoms with E-state index >= 15 is 0 Å². The van der Waals surface area contributed by atoms with Crippen molar-refractivity contribution in [1.82, 2.24) is 0 Å². The summed E-state index contributed by atoms with van der Waals surface area (Å²) in [6, 6.07) is 4.84. The Morgan fingerprint density at radius 3 is 2.84 bits per heavy atom. The Balaban J connectivity index is 2.50. The van der Waals surface area contributed by atoms with Crippen LogP contribution >= 0.6 is 11.8 Å². The summed E-state index contributed by atoms with van der Waals surface area (Å²) in [7, 11) is 0. The average molecular weight is 282 g/mol. The highest BCUT2D eigenvalue weighted by Crippen LogP contribution is 2.19. The number of aliphatic carboxylic acids is 1. The number of hydrogen-bond acceptors (Lipinski definition) is 2. The molecule has 0 spiro atoms. The molecule has 0 aromatic heterocycles. The van der Waals surface area contributed by atoms with Crippen molar-refractivity contribution in [1.29, 1.82) is 0 Å². The summed E-state index contributed by atoms with van der Waals surface area (Å²) in [5.41, 5.74) is 1.24. The minimum Gasteiger partial charge on any atom is -0.478 e. The molecule has 0 fully saturated rings. The molecule has 1 rings (SSSR count). The van der Waals surface area contributed by atoms with Gasteiger partial charge >= 0.3 is 5.97 Å². The minimum atomic E-state index is -1.03. The van der Waals surface area contributed by atoms with Gasteiger partial charge in [0.25, 0.3) is 0 Å². The van der Waals surface area contributed by atoms with Gasteiger partial charge in [-0.15, -0.1) is 0 Å². The summed E-state index contributed by atoms with van der Waals surface area (Å²) in [6.07, 6.45) is 5.98. The lowest BCUT2D eigenvalue weighted by molar-refractivity contribution is -0.131. The first kappa shape index (κ1) is 15.8. The second-order valence-corrected chi connectivity index (χ2v) is 5.39. The maximum atomic E-state index is 13.8. The lowest BCUT2D eigenvalue weighted by Crippen LogP contribution is -1.91. The number of halogens is 1. The van der Waals surface area contributed by atoms with Crippen molar-refractivity contribution in [2.24, 2.45) is 0 Å². The highest BCUT2D eigenvalue weighted by atomic mass is 32.2. The van der Waals surface area contributed by atoms with E-state index in [2.05, 4.69) is 6.92 Å². The summed E-state index contributed by atoms with van der Waals surface area (Å²) in [5.74, 6) is 0.415. The van der Waals surface area contributed by atoms with Crippen molar-refractivity contribution in [3.63, 3.8) is 0 Å². The quantitative estimate of drug-likeness (QED) is 0.569. The van der Waals surface area contributed by atoms with Crippen LogP contribution in [0.2, 0.25) is 0 Å². The number of carbonyl (C=O) groups is 1. The molecule has 0 amide bonds. The Bertz CT molecular complexity index is 444. The molecule has 0 aliphatic carbocycles. The normalized spacial score (nSPS) is 11.1. The Hall–Kier alpha value is -1.29. The third-order valence-corrected chi connectivity index (χ3v) is 3.74. The monoisotopic (exact) mass is 282 g/mol. The highest BCUT2D eigenvalue weighted by molar-refractivity contribution is 7.98. The van der Waals surface area contributed by atoms with Gasteiger partial charge in [-0.25, -0.2) is 9.18 Å². The van der Waals surface area contributed by atoms with E-state index in [0.717, 1.165) is 11.8 Å². The van der Waals surface area contributed by atoms with E-state index in [0.29, 0.717) is 16.9 Å². The highest BCUT2D eigenvalue weighted by Gasteiger charge is 2.03. The fourth-order valence-electron chi connectivity index (χ4n) is 1.59. The van der Waals surface area contributed by atoms with Gasteiger partial charge < -0.3 is 5.11 Å². The zero-order valence-electron chi connectivity index (χ0n) is 11.1. The van der Waals surface area contributed by atoms with Gasteiger partial charge in [-0.3, -0.25) is 0 Å². The Morgan fingerprint density at radius 2 is 2.21 bits per heavy atom. The number of rotatable bonds is 8. The second-order valence-electron chi connectivity index (χ2n) is 4.28. The minimum absolute atomic E-state index is 0.268. The van der Waals surface area contributed by atoms with Crippen LogP contribution in [0, 0.1) is 5.82 Å². The van der Waals surface area contributed by atoms with Crippen LogP contribution in [0.15, 0.2) is 24.3 Å². The largest absolute Gasteiger partial charge is 0.478 e. The molecular formula is C15H19FO2S. The van der Waals surface area contributed by atoms with Crippen molar-refractivity contribution in [3.8, 4) is 0 Å². The molecular weight excluding hydrogens is 263 g/mol. The number of carboxylic acid groups (broad SMARTS) is 1. The summed E-state index contributed by atoms with van der Waals surface area (Å²) >= 11 is 1.73. The fraction of sp³-hybridized carbons (Fsp3) is 0.400. The third kappa shape index (κ3) is 6.43. The number of carboxylic acids is 1. The van der Waals surface area contributed by atoms with Crippen molar-refractivity contribution in [3.05, 3.63) is 41.2 Å². The van der Waals surface area contributed by atoms with E-state index in [4.69, 9.17) is 5.11 Å². The van der Waals surface area contributed by atoms with Gasteiger partial charge in [0.1, 0.15) is 5.82 Å². The van der Waals surface area contributed by atoms with Crippen LogP contribution in [-0.2, 0) is 10.5 Å². The molecule has 4 heteroatoms. The maximum Gasteiger partial charge on any atom is 0.328 e.